The number of hydrogen-bond acceptors (Lipinski definition) is 5. The predicted molar refractivity (Wildman–Crippen MR) is 166 cm³/mol. The van der Waals surface area contributed by atoms with Crippen LogP contribution in [0, 0.1) is 22.5 Å². The molecule has 43 heavy (non-hydrogen) atoms. The van der Waals surface area contributed by atoms with Crippen molar-refractivity contribution >= 4 is 6.03 Å². The first-order valence-corrected chi connectivity index (χ1v) is 15.8. The Morgan fingerprint density at radius 3 is 2.28 bits per heavy atom. The predicted octanol–water partition coefficient (Wildman–Crippen LogP) is 6.79. The van der Waals surface area contributed by atoms with Gasteiger partial charge in [-0.1, -0.05) is 55.7 Å². The van der Waals surface area contributed by atoms with E-state index < -0.39 is 11.6 Å². The van der Waals surface area contributed by atoms with Crippen LogP contribution in [-0.2, 0) is 6.54 Å². The Kier molecular flexibility index (Phi) is 14.8. The first-order chi connectivity index (χ1) is 20.8. The summed E-state index contributed by atoms with van der Waals surface area (Å²) in [7, 11) is 2.08. The van der Waals surface area contributed by atoms with E-state index in [1.165, 1.54) is 69.6 Å². The summed E-state index contributed by atoms with van der Waals surface area (Å²) in [4.78, 5) is 27.2. The van der Waals surface area contributed by atoms with Gasteiger partial charge in [-0.3, -0.25) is 0 Å². The maximum Gasteiger partial charge on any atom is 0.317 e. The SMILES string of the molecule is CCN(C(=O)NCc1ccc(F)c(F)c1)C1CCN(C)CC1.O=NO.c1ccc(C2CCN(CC3CCCCC3)C2)cc1. The van der Waals surface area contributed by atoms with E-state index in [4.69, 9.17) is 10.1 Å². The number of halogens is 2. The fraction of sp³-hybridized carbons (Fsp3) is 0.606. The summed E-state index contributed by atoms with van der Waals surface area (Å²) in [5.74, 6) is 0.00839. The standard InChI is InChI=1S/C17H25N.C16H23F2N3O.HNO2/c1-3-7-15(8-4-1)13-18-12-11-17(14-18)16-9-5-2-6-10-16;1-3-21(13-6-8-20(2)9-7-13)16(22)19-11-12-4-5-14(17)15(18)10-12;2-1-3/h2,5-6,9-10,15,17H,1,3-4,7-8,11-14H2;4-5,10,13H,3,6-9,11H2,1-2H3,(H,19,22);(H,2,3). The van der Waals surface area contributed by atoms with Gasteiger partial charge in [0.05, 0.1) is 0 Å². The number of carbonyl (C=O) groups excluding carboxylic acids is 1. The summed E-state index contributed by atoms with van der Waals surface area (Å²) in [6.45, 7) is 8.72. The van der Waals surface area contributed by atoms with Gasteiger partial charge >= 0.3 is 6.03 Å². The smallest absolute Gasteiger partial charge is 0.317 e. The van der Waals surface area contributed by atoms with Gasteiger partial charge in [0.1, 0.15) is 0 Å². The van der Waals surface area contributed by atoms with E-state index in [1.807, 2.05) is 11.8 Å². The molecule has 2 amide bonds. The summed E-state index contributed by atoms with van der Waals surface area (Å²) >= 11 is 0. The number of rotatable bonds is 7. The zero-order valence-corrected chi connectivity index (χ0v) is 25.8. The lowest BCUT2D eigenvalue weighted by Crippen LogP contribution is -2.49. The van der Waals surface area contributed by atoms with E-state index in [0.717, 1.165) is 49.9 Å². The van der Waals surface area contributed by atoms with E-state index in [9.17, 15) is 13.6 Å². The highest BCUT2D eigenvalue weighted by atomic mass is 19.2. The van der Waals surface area contributed by atoms with Gasteiger partial charge in [0.15, 0.2) is 17.0 Å². The van der Waals surface area contributed by atoms with Gasteiger partial charge in [-0.05, 0) is 101 Å². The number of amides is 2. The zero-order valence-electron chi connectivity index (χ0n) is 25.8. The molecule has 0 bridgehead atoms. The molecule has 0 radical (unpaired) electrons. The van der Waals surface area contributed by atoms with E-state index in [2.05, 4.69) is 52.5 Å². The molecule has 1 aliphatic carbocycles. The number of nitrogens with one attached hydrogen (secondary N) is 1. The van der Waals surface area contributed by atoms with Gasteiger partial charge in [-0.15, -0.1) is 4.91 Å². The van der Waals surface area contributed by atoms with E-state index in [-0.39, 0.29) is 18.6 Å². The third-order valence-corrected chi connectivity index (χ3v) is 8.94. The molecular formula is C33H49F2N5O3. The van der Waals surface area contributed by atoms with Gasteiger partial charge in [0.2, 0.25) is 0 Å². The Labute approximate surface area is 255 Å². The molecule has 1 saturated carbocycles. The summed E-state index contributed by atoms with van der Waals surface area (Å²) in [6.07, 6.45) is 10.7. The molecule has 10 heteroatoms. The van der Waals surface area contributed by atoms with E-state index in [0.29, 0.717) is 12.1 Å². The molecule has 2 aromatic carbocycles. The maximum atomic E-state index is 13.2. The molecule has 2 heterocycles. The number of benzene rings is 2. The van der Waals surface area contributed by atoms with Crippen LogP contribution in [0.3, 0.4) is 0 Å². The van der Waals surface area contributed by atoms with Crippen LogP contribution < -0.4 is 5.32 Å². The van der Waals surface area contributed by atoms with Crippen molar-refractivity contribution < 1.29 is 18.8 Å². The molecule has 2 aromatic rings. The average Bonchev–Trinajstić information content (AvgIpc) is 3.49. The minimum Gasteiger partial charge on any atom is -0.379 e. The second kappa shape index (κ2) is 18.5. The molecule has 0 aromatic heterocycles. The lowest BCUT2D eigenvalue weighted by atomic mass is 9.89. The topological polar surface area (TPSA) is 88.5 Å². The molecule has 2 saturated heterocycles. The third-order valence-electron chi connectivity index (χ3n) is 8.94. The molecule has 1 unspecified atom stereocenters. The Balaban J connectivity index is 0.000000219. The summed E-state index contributed by atoms with van der Waals surface area (Å²) in [5.41, 5.74) is 2.09. The lowest BCUT2D eigenvalue weighted by Gasteiger charge is -2.36. The van der Waals surface area contributed by atoms with Crippen LogP contribution in [0.4, 0.5) is 13.6 Å². The Morgan fingerprint density at radius 2 is 1.65 bits per heavy atom. The molecule has 8 nitrogen and oxygen atoms in total. The van der Waals surface area contributed by atoms with Gasteiger partial charge < -0.3 is 25.2 Å². The van der Waals surface area contributed by atoms with Gasteiger partial charge in [-0.2, -0.15) is 0 Å². The van der Waals surface area contributed by atoms with Crippen molar-refractivity contribution in [2.75, 3.05) is 46.3 Å². The fourth-order valence-corrected chi connectivity index (χ4v) is 6.53. The molecular weight excluding hydrogens is 552 g/mol. The highest BCUT2D eigenvalue weighted by Gasteiger charge is 2.27. The molecule has 0 spiro atoms. The fourth-order valence-electron chi connectivity index (χ4n) is 6.53. The van der Waals surface area contributed by atoms with Crippen LogP contribution in [-0.4, -0.2) is 78.3 Å². The summed E-state index contributed by atoms with van der Waals surface area (Å²) in [5, 5.41) is 10.7. The minimum absolute atomic E-state index is 0.151. The summed E-state index contributed by atoms with van der Waals surface area (Å²) in [6, 6.07) is 14.8. The van der Waals surface area contributed by atoms with Crippen molar-refractivity contribution in [3.05, 3.63) is 76.2 Å². The van der Waals surface area contributed by atoms with Crippen LogP contribution in [0.2, 0.25) is 0 Å². The molecule has 3 aliphatic rings. The van der Waals surface area contributed by atoms with Crippen molar-refractivity contribution in [3.8, 4) is 0 Å². The van der Waals surface area contributed by atoms with Crippen LogP contribution in [0.15, 0.2) is 53.9 Å². The van der Waals surface area contributed by atoms with Crippen LogP contribution in [0.25, 0.3) is 0 Å². The highest BCUT2D eigenvalue weighted by Crippen LogP contribution is 2.30. The van der Waals surface area contributed by atoms with Crippen molar-refractivity contribution in [3.63, 3.8) is 0 Å². The number of piperidine rings is 1. The zero-order chi connectivity index (χ0) is 31.0. The highest BCUT2D eigenvalue weighted by molar-refractivity contribution is 5.74. The van der Waals surface area contributed by atoms with Crippen LogP contribution >= 0.6 is 0 Å². The quantitative estimate of drug-likeness (QED) is 0.270. The normalized spacial score (nSPS) is 19.9. The summed E-state index contributed by atoms with van der Waals surface area (Å²) < 4.78 is 26.0. The molecule has 2 aliphatic heterocycles. The van der Waals surface area contributed by atoms with Crippen molar-refractivity contribution in [2.45, 2.75) is 76.8 Å². The van der Waals surface area contributed by atoms with Gasteiger partial charge in [0.25, 0.3) is 0 Å². The molecule has 1 atom stereocenters. The number of urea groups is 1. The number of likely N-dealkylation sites (tertiary alicyclic amines) is 2. The van der Waals surface area contributed by atoms with Crippen molar-refractivity contribution in [2.24, 2.45) is 11.3 Å². The van der Waals surface area contributed by atoms with Crippen LogP contribution in [0.5, 0.6) is 0 Å². The number of hydrogen-bond donors (Lipinski definition) is 2. The third kappa shape index (κ3) is 11.5. The molecule has 5 rings (SSSR count). The Bertz CT molecular complexity index is 1100. The van der Waals surface area contributed by atoms with E-state index in [1.54, 1.807) is 5.56 Å². The minimum atomic E-state index is -0.894. The molecule has 2 N–H and O–H groups in total. The first-order valence-electron chi connectivity index (χ1n) is 15.8. The second-order valence-electron chi connectivity index (χ2n) is 12.0. The molecule has 238 valence electrons. The number of nitrogens with zero attached hydrogens (tertiary/aromatic N) is 4. The average molecular weight is 602 g/mol. The second-order valence-corrected chi connectivity index (χ2v) is 12.0. The van der Waals surface area contributed by atoms with Gasteiger partial charge in [-0.25, -0.2) is 13.6 Å². The van der Waals surface area contributed by atoms with Crippen molar-refractivity contribution in [1.82, 2.24) is 20.0 Å². The largest absolute Gasteiger partial charge is 0.379 e. The van der Waals surface area contributed by atoms with E-state index >= 15 is 0 Å². The monoisotopic (exact) mass is 601 g/mol. The van der Waals surface area contributed by atoms with Crippen molar-refractivity contribution in [1.29, 1.82) is 0 Å². The Hall–Kier alpha value is -3.11. The van der Waals surface area contributed by atoms with Crippen LogP contribution in [0.1, 0.15) is 75.3 Å². The maximum absolute atomic E-state index is 13.2. The Morgan fingerprint density at radius 1 is 0.977 bits per heavy atom. The molecule has 3 fully saturated rings. The number of carbonyl (C=O) groups is 1. The lowest BCUT2D eigenvalue weighted by molar-refractivity contribution is 0.135. The first kappa shape index (κ1) is 34.4. The van der Waals surface area contributed by atoms with Gasteiger partial charge in [0, 0.05) is 32.2 Å².